The maximum Gasteiger partial charge on any atom is 0.335 e. The third kappa shape index (κ3) is 5.10. The summed E-state index contributed by atoms with van der Waals surface area (Å²) >= 11 is 0. The van der Waals surface area contributed by atoms with Crippen LogP contribution in [0, 0.1) is 6.92 Å². The largest absolute Gasteiger partial charge is 0.430 e. The van der Waals surface area contributed by atoms with Gasteiger partial charge in [0.15, 0.2) is 0 Å². The monoisotopic (exact) mass is 317 g/mol. The van der Waals surface area contributed by atoms with Crippen LogP contribution >= 0.6 is 0 Å². The molecule has 0 unspecified atom stereocenters. The van der Waals surface area contributed by atoms with Gasteiger partial charge in [0.2, 0.25) is 5.95 Å². The van der Waals surface area contributed by atoms with Gasteiger partial charge in [0.05, 0.1) is 5.56 Å². The Balaban J connectivity index is 1.82. The van der Waals surface area contributed by atoms with E-state index in [0.717, 1.165) is 18.5 Å². The second-order valence-corrected chi connectivity index (χ2v) is 4.77. The van der Waals surface area contributed by atoms with Gasteiger partial charge in [0.25, 0.3) is 5.91 Å². The Morgan fingerprint density at radius 2 is 2.04 bits per heavy atom. The summed E-state index contributed by atoms with van der Waals surface area (Å²) in [6.07, 6.45) is 1.14. The van der Waals surface area contributed by atoms with E-state index in [1.54, 1.807) is 0 Å². The minimum absolute atomic E-state index is 0.303. The Morgan fingerprint density at radius 3 is 2.74 bits per heavy atom. The Bertz CT molecular complexity index is 709. The number of anilines is 2. The highest BCUT2D eigenvalue weighted by molar-refractivity contribution is 5.93. The lowest BCUT2D eigenvalue weighted by molar-refractivity contribution is 0.0952. The van der Waals surface area contributed by atoms with Gasteiger partial charge in [-0.3, -0.25) is 4.79 Å². The third-order valence-corrected chi connectivity index (χ3v) is 2.87. The molecule has 2 rings (SSSR count). The van der Waals surface area contributed by atoms with E-state index < -0.39 is 5.63 Å². The molecule has 2 heterocycles. The summed E-state index contributed by atoms with van der Waals surface area (Å²) in [5.74, 6) is 0.953. The Labute approximate surface area is 133 Å². The number of aromatic nitrogens is 2. The van der Waals surface area contributed by atoms with Gasteiger partial charge < -0.3 is 20.4 Å². The van der Waals surface area contributed by atoms with Gasteiger partial charge in [-0.25, -0.2) is 9.78 Å². The van der Waals surface area contributed by atoms with E-state index in [-0.39, 0.29) is 5.91 Å². The molecule has 3 N–H and O–H groups in total. The van der Waals surface area contributed by atoms with Crippen molar-refractivity contribution in [3.05, 3.63) is 46.1 Å². The lowest BCUT2D eigenvalue weighted by Gasteiger charge is -2.09. The molecule has 0 aliphatic rings. The molecule has 0 fully saturated rings. The minimum atomic E-state index is -0.487. The Morgan fingerprint density at radius 1 is 1.22 bits per heavy atom. The normalized spacial score (nSPS) is 10.2. The van der Waals surface area contributed by atoms with Crippen molar-refractivity contribution in [1.82, 2.24) is 15.3 Å². The van der Waals surface area contributed by atoms with Crippen molar-refractivity contribution in [3.8, 4) is 0 Å². The topological polar surface area (TPSA) is 109 Å². The molecule has 2 aromatic rings. The molecular weight excluding hydrogens is 298 g/mol. The molecule has 0 spiro atoms. The average Bonchev–Trinajstić information content (AvgIpc) is 2.52. The molecule has 1 amide bonds. The van der Waals surface area contributed by atoms with Gasteiger partial charge in [0.1, 0.15) is 12.1 Å². The van der Waals surface area contributed by atoms with Crippen LogP contribution in [-0.4, -0.2) is 35.5 Å². The van der Waals surface area contributed by atoms with Crippen LogP contribution in [0.25, 0.3) is 0 Å². The van der Waals surface area contributed by atoms with Gasteiger partial charge in [0, 0.05) is 37.5 Å². The first-order valence-corrected chi connectivity index (χ1v) is 7.29. The number of nitrogens with zero attached hydrogens (tertiary/aromatic N) is 2. The second-order valence-electron chi connectivity index (χ2n) is 4.77. The molecule has 0 aliphatic carbocycles. The molecule has 8 heteroatoms. The number of carbonyl (C=O) groups excluding carboxylic acids is 1. The van der Waals surface area contributed by atoms with Crippen molar-refractivity contribution in [2.75, 3.05) is 30.3 Å². The lowest BCUT2D eigenvalue weighted by atomic mass is 10.3. The minimum Gasteiger partial charge on any atom is -0.430 e. The molecule has 23 heavy (non-hydrogen) atoms. The van der Waals surface area contributed by atoms with Gasteiger partial charge in [-0.1, -0.05) is 0 Å². The smallest absolute Gasteiger partial charge is 0.335 e. The molecule has 8 nitrogen and oxygen atoms in total. The fourth-order valence-corrected chi connectivity index (χ4v) is 1.85. The van der Waals surface area contributed by atoms with Gasteiger partial charge in [-0.15, -0.1) is 0 Å². The number of rotatable bonds is 7. The van der Waals surface area contributed by atoms with Crippen LogP contribution in [0.4, 0.5) is 11.8 Å². The van der Waals surface area contributed by atoms with Gasteiger partial charge >= 0.3 is 5.63 Å². The molecular formula is C15H19N5O3. The van der Waals surface area contributed by atoms with Crippen molar-refractivity contribution in [3.63, 3.8) is 0 Å². The summed E-state index contributed by atoms with van der Waals surface area (Å²) < 4.78 is 4.65. The summed E-state index contributed by atoms with van der Waals surface area (Å²) in [7, 11) is 0. The van der Waals surface area contributed by atoms with Crippen LogP contribution in [0.3, 0.4) is 0 Å². The van der Waals surface area contributed by atoms with Gasteiger partial charge in [-0.05, 0) is 19.9 Å². The zero-order valence-corrected chi connectivity index (χ0v) is 13.0. The van der Waals surface area contributed by atoms with Crippen LogP contribution in [0.15, 0.2) is 33.7 Å². The van der Waals surface area contributed by atoms with Crippen molar-refractivity contribution in [2.45, 2.75) is 13.8 Å². The summed E-state index contributed by atoms with van der Waals surface area (Å²) in [4.78, 5) is 31.2. The van der Waals surface area contributed by atoms with E-state index in [0.29, 0.717) is 30.4 Å². The predicted molar refractivity (Wildman–Crippen MR) is 86.7 cm³/mol. The zero-order valence-electron chi connectivity index (χ0n) is 13.0. The van der Waals surface area contributed by atoms with Crippen LogP contribution in [0.2, 0.25) is 0 Å². The number of carbonyl (C=O) groups is 1. The fourth-order valence-electron chi connectivity index (χ4n) is 1.85. The lowest BCUT2D eigenvalue weighted by Crippen LogP contribution is -2.29. The molecule has 2 aromatic heterocycles. The zero-order chi connectivity index (χ0) is 16.7. The maximum atomic E-state index is 11.8. The average molecular weight is 317 g/mol. The number of aryl methyl sites for hydroxylation is 1. The first-order chi connectivity index (χ1) is 11.1. The first kappa shape index (κ1) is 16.5. The summed E-state index contributed by atoms with van der Waals surface area (Å²) in [5.41, 5.74) is 0.664. The highest BCUT2D eigenvalue weighted by atomic mass is 16.4. The quantitative estimate of drug-likeness (QED) is 0.654. The van der Waals surface area contributed by atoms with Crippen molar-refractivity contribution in [1.29, 1.82) is 0 Å². The van der Waals surface area contributed by atoms with E-state index in [9.17, 15) is 9.59 Å². The molecule has 0 radical (unpaired) electrons. The number of hydrogen-bond donors (Lipinski definition) is 3. The van der Waals surface area contributed by atoms with E-state index in [4.69, 9.17) is 0 Å². The molecule has 122 valence electrons. The SMILES string of the molecule is CCNc1nc(C)cc(NCCNC(=O)c2ccc(=O)oc2)n1. The number of hydrogen-bond acceptors (Lipinski definition) is 7. The Hall–Kier alpha value is -2.90. The van der Waals surface area contributed by atoms with Crippen LogP contribution < -0.4 is 21.6 Å². The van der Waals surface area contributed by atoms with E-state index >= 15 is 0 Å². The van der Waals surface area contributed by atoms with Crippen molar-refractivity contribution >= 4 is 17.7 Å². The van der Waals surface area contributed by atoms with E-state index in [1.807, 2.05) is 19.9 Å². The van der Waals surface area contributed by atoms with E-state index in [1.165, 1.54) is 12.1 Å². The highest BCUT2D eigenvalue weighted by Crippen LogP contribution is 2.08. The van der Waals surface area contributed by atoms with Crippen molar-refractivity contribution < 1.29 is 9.21 Å². The molecule has 0 atom stereocenters. The number of amides is 1. The van der Waals surface area contributed by atoms with Crippen molar-refractivity contribution in [2.24, 2.45) is 0 Å². The molecule has 0 saturated heterocycles. The van der Waals surface area contributed by atoms with Crippen LogP contribution in [-0.2, 0) is 0 Å². The molecule has 0 bridgehead atoms. The fraction of sp³-hybridized carbons (Fsp3) is 0.333. The maximum absolute atomic E-state index is 11.8. The first-order valence-electron chi connectivity index (χ1n) is 7.29. The van der Waals surface area contributed by atoms with Crippen LogP contribution in [0.5, 0.6) is 0 Å². The second kappa shape index (κ2) is 7.92. The van der Waals surface area contributed by atoms with E-state index in [2.05, 4.69) is 30.3 Å². The standard InChI is InChI=1S/C15H19N5O3/c1-3-16-15-19-10(2)8-12(20-15)17-6-7-18-14(22)11-4-5-13(21)23-9-11/h4-5,8-9H,3,6-7H2,1-2H3,(H,18,22)(H2,16,17,19,20). The molecule has 0 saturated carbocycles. The predicted octanol–water partition coefficient (Wildman–Crippen LogP) is 1.01. The Kier molecular flexibility index (Phi) is 5.67. The third-order valence-electron chi connectivity index (χ3n) is 2.87. The van der Waals surface area contributed by atoms with Gasteiger partial charge in [-0.2, -0.15) is 4.98 Å². The molecule has 0 aromatic carbocycles. The number of nitrogens with one attached hydrogen (secondary N) is 3. The highest BCUT2D eigenvalue weighted by Gasteiger charge is 2.06. The van der Waals surface area contributed by atoms with Crippen LogP contribution in [0.1, 0.15) is 23.0 Å². The molecule has 0 aliphatic heterocycles. The summed E-state index contributed by atoms with van der Waals surface area (Å²) in [5, 5.41) is 8.90. The summed E-state index contributed by atoms with van der Waals surface area (Å²) in [6.45, 7) is 5.51. The summed E-state index contributed by atoms with van der Waals surface area (Å²) in [6, 6.07) is 4.46.